The van der Waals surface area contributed by atoms with Crippen LogP contribution in [0.1, 0.15) is 49.0 Å². The summed E-state index contributed by atoms with van der Waals surface area (Å²) in [6.07, 6.45) is 3.95. The number of ether oxygens (including phenoxy) is 1. The molecule has 3 N–H and O–H groups in total. The van der Waals surface area contributed by atoms with Crippen LogP contribution >= 0.6 is 12.4 Å². The van der Waals surface area contributed by atoms with Crippen LogP contribution in [0.5, 0.6) is 0 Å². The van der Waals surface area contributed by atoms with E-state index in [9.17, 15) is 18.0 Å². The molecule has 2 heterocycles. The van der Waals surface area contributed by atoms with Gasteiger partial charge in [-0.3, -0.25) is 4.79 Å². The highest BCUT2D eigenvalue weighted by atomic mass is 35.5. The summed E-state index contributed by atoms with van der Waals surface area (Å²) in [5.41, 5.74) is 2.17. The van der Waals surface area contributed by atoms with E-state index in [0.717, 1.165) is 57.4 Å². The van der Waals surface area contributed by atoms with Gasteiger partial charge in [0, 0.05) is 50.0 Å². The minimum atomic E-state index is -3.81. The molecule has 2 aromatic carbocycles. The van der Waals surface area contributed by atoms with E-state index in [0.29, 0.717) is 49.5 Å². The van der Waals surface area contributed by atoms with Crippen LogP contribution in [0.3, 0.4) is 0 Å². The maximum atomic E-state index is 12.9. The number of hydrogen-bond donors (Lipinski definition) is 2. The Morgan fingerprint density at radius 2 is 1.69 bits per heavy atom. The van der Waals surface area contributed by atoms with Crippen LogP contribution in [0.4, 0.5) is 10.5 Å². The zero-order valence-electron chi connectivity index (χ0n) is 24.5. The van der Waals surface area contributed by atoms with Crippen molar-refractivity contribution in [3.63, 3.8) is 0 Å². The number of likely N-dealkylation sites (tertiary alicyclic amines) is 1. The fourth-order valence-electron chi connectivity index (χ4n) is 5.62. The number of hydrogen-bond acceptors (Lipinski definition) is 6. The molecule has 42 heavy (non-hydrogen) atoms. The maximum Gasteiger partial charge on any atom is 0.320 e. The lowest BCUT2D eigenvalue weighted by Crippen LogP contribution is -2.51. The lowest BCUT2D eigenvalue weighted by Gasteiger charge is -2.39. The monoisotopic (exact) mass is 621 g/mol. The lowest BCUT2D eigenvalue weighted by atomic mass is 9.95. The molecule has 0 aliphatic carbocycles. The Bertz CT molecular complexity index is 1280. The third kappa shape index (κ3) is 9.40. The summed E-state index contributed by atoms with van der Waals surface area (Å²) in [5.74, 6) is 0.242. The lowest BCUT2D eigenvalue weighted by molar-refractivity contribution is 0.0386. The fraction of sp³-hybridized carbons (Fsp3) is 0.533. The number of benzene rings is 2. The van der Waals surface area contributed by atoms with Gasteiger partial charge in [0.1, 0.15) is 0 Å². The van der Waals surface area contributed by atoms with Crippen molar-refractivity contribution in [3.8, 4) is 0 Å². The smallest absolute Gasteiger partial charge is 0.320 e. The molecule has 2 aromatic rings. The van der Waals surface area contributed by atoms with Gasteiger partial charge in [-0.15, -0.1) is 12.4 Å². The van der Waals surface area contributed by atoms with E-state index in [2.05, 4.69) is 30.1 Å². The summed E-state index contributed by atoms with van der Waals surface area (Å²) >= 11 is 0. The van der Waals surface area contributed by atoms with Crippen molar-refractivity contribution in [1.82, 2.24) is 14.7 Å². The molecule has 1 atom stereocenters. The van der Waals surface area contributed by atoms with Gasteiger partial charge in [0.15, 0.2) is 0 Å². The SMILES string of the molecule is CCCN(CC1CCN(C(=O)N2CCOCC2)CC1)C(C)Cc1cccc(NC(=O)c2ccc(S(N)(=O)=O)cc2)c1.Cl. The first-order valence-electron chi connectivity index (χ1n) is 14.5. The largest absolute Gasteiger partial charge is 0.378 e. The molecular formula is C30H44ClN5O5S. The van der Waals surface area contributed by atoms with Crippen molar-refractivity contribution >= 4 is 40.1 Å². The second kappa shape index (κ2) is 15.7. The topological polar surface area (TPSA) is 125 Å². The minimum absolute atomic E-state index is 0. The van der Waals surface area contributed by atoms with Gasteiger partial charge in [-0.2, -0.15) is 0 Å². The summed E-state index contributed by atoms with van der Waals surface area (Å²) in [6, 6.07) is 13.9. The normalized spacial score (nSPS) is 17.0. The molecule has 232 valence electrons. The van der Waals surface area contributed by atoms with Crippen LogP contribution < -0.4 is 10.5 Å². The highest BCUT2D eigenvalue weighted by molar-refractivity contribution is 7.89. The molecule has 0 radical (unpaired) electrons. The number of carbonyl (C=O) groups excluding carboxylic acids is 2. The Morgan fingerprint density at radius 1 is 1.05 bits per heavy atom. The Hall–Kier alpha value is -2.70. The summed E-state index contributed by atoms with van der Waals surface area (Å²) in [7, 11) is -3.81. The minimum Gasteiger partial charge on any atom is -0.378 e. The van der Waals surface area contributed by atoms with Crippen molar-refractivity contribution in [2.45, 2.75) is 50.5 Å². The van der Waals surface area contributed by atoms with Gasteiger partial charge in [0.05, 0.1) is 18.1 Å². The van der Waals surface area contributed by atoms with E-state index in [1.165, 1.54) is 24.3 Å². The van der Waals surface area contributed by atoms with Gasteiger partial charge in [0.2, 0.25) is 10.0 Å². The molecule has 0 bridgehead atoms. The summed E-state index contributed by atoms with van der Waals surface area (Å²) < 4.78 is 28.3. The van der Waals surface area contributed by atoms with Crippen LogP contribution in [0.15, 0.2) is 53.4 Å². The molecule has 2 fully saturated rings. The molecule has 1 unspecified atom stereocenters. The number of piperidine rings is 1. The number of amides is 3. The first-order chi connectivity index (χ1) is 19.6. The van der Waals surface area contributed by atoms with Crippen molar-refractivity contribution in [1.29, 1.82) is 0 Å². The summed E-state index contributed by atoms with van der Waals surface area (Å²) in [4.78, 5) is 32.0. The quantitative estimate of drug-likeness (QED) is 0.416. The van der Waals surface area contributed by atoms with Gasteiger partial charge >= 0.3 is 6.03 Å². The molecule has 0 aromatic heterocycles. The molecule has 2 aliphatic rings. The number of primary sulfonamides is 1. The maximum absolute atomic E-state index is 12.9. The van der Waals surface area contributed by atoms with E-state index >= 15 is 0 Å². The predicted molar refractivity (Wildman–Crippen MR) is 167 cm³/mol. The second-order valence-electron chi connectivity index (χ2n) is 11.1. The summed E-state index contributed by atoms with van der Waals surface area (Å²) in [5, 5.41) is 8.06. The van der Waals surface area contributed by atoms with Crippen molar-refractivity contribution in [2.24, 2.45) is 11.1 Å². The van der Waals surface area contributed by atoms with Crippen LogP contribution in [-0.2, 0) is 21.2 Å². The number of nitrogens with two attached hydrogens (primary N) is 1. The molecule has 2 saturated heterocycles. The number of carbonyl (C=O) groups is 2. The Balaban J connectivity index is 0.00000484. The number of anilines is 1. The second-order valence-corrected chi connectivity index (χ2v) is 12.6. The van der Waals surface area contributed by atoms with Crippen molar-refractivity contribution in [2.75, 3.05) is 57.8 Å². The Morgan fingerprint density at radius 3 is 2.31 bits per heavy atom. The fourth-order valence-corrected chi connectivity index (χ4v) is 6.13. The number of sulfonamides is 1. The molecule has 2 aliphatic heterocycles. The standard InChI is InChI=1S/C30H43N5O5S.ClH/c1-3-13-35(22-24-11-14-33(15-12-24)30(37)34-16-18-40-19-17-34)23(2)20-25-5-4-6-27(21-25)32-29(36)26-7-9-28(10-8-26)41(31,38)39;/h4-10,21,23-24H,3,11-20,22H2,1-2H3,(H,32,36)(H2,31,38,39);1H. The van der Waals surface area contributed by atoms with E-state index in [1.807, 2.05) is 28.0 Å². The average molecular weight is 622 g/mol. The molecule has 4 rings (SSSR count). The number of nitrogens with one attached hydrogen (secondary N) is 1. The zero-order chi connectivity index (χ0) is 29.4. The van der Waals surface area contributed by atoms with Gasteiger partial charge in [-0.1, -0.05) is 19.1 Å². The van der Waals surface area contributed by atoms with Crippen LogP contribution in [0, 0.1) is 5.92 Å². The number of morpholine rings is 1. The van der Waals surface area contributed by atoms with Crippen LogP contribution in [0.25, 0.3) is 0 Å². The molecular weight excluding hydrogens is 578 g/mol. The predicted octanol–water partition coefficient (Wildman–Crippen LogP) is 3.82. The van der Waals surface area contributed by atoms with Crippen LogP contribution in [0.2, 0.25) is 0 Å². The highest BCUT2D eigenvalue weighted by Gasteiger charge is 2.29. The number of nitrogens with zero attached hydrogens (tertiary/aromatic N) is 3. The first kappa shape index (κ1) is 33.8. The van der Waals surface area contributed by atoms with Crippen molar-refractivity contribution in [3.05, 3.63) is 59.7 Å². The third-order valence-electron chi connectivity index (χ3n) is 7.95. The molecule has 0 spiro atoms. The molecule has 0 saturated carbocycles. The zero-order valence-corrected chi connectivity index (χ0v) is 26.2. The molecule has 3 amide bonds. The van der Waals surface area contributed by atoms with Gasteiger partial charge in [0.25, 0.3) is 5.91 Å². The van der Waals surface area contributed by atoms with Gasteiger partial charge < -0.3 is 24.8 Å². The van der Waals surface area contributed by atoms with E-state index in [-0.39, 0.29) is 29.2 Å². The average Bonchev–Trinajstić information content (AvgIpc) is 2.97. The number of urea groups is 1. The Labute approximate surface area is 256 Å². The third-order valence-corrected chi connectivity index (χ3v) is 8.88. The van der Waals surface area contributed by atoms with E-state index < -0.39 is 10.0 Å². The Kier molecular flexibility index (Phi) is 12.6. The molecule has 12 heteroatoms. The number of halogens is 1. The number of rotatable bonds is 10. The highest BCUT2D eigenvalue weighted by Crippen LogP contribution is 2.23. The molecule has 10 nitrogen and oxygen atoms in total. The van der Waals surface area contributed by atoms with E-state index in [4.69, 9.17) is 9.88 Å². The summed E-state index contributed by atoms with van der Waals surface area (Å²) in [6.45, 7) is 10.7. The van der Waals surface area contributed by atoms with Crippen molar-refractivity contribution < 1.29 is 22.7 Å². The van der Waals surface area contributed by atoms with Gasteiger partial charge in [-0.25, -0.2) is 18.4 Å². The van der Waals surface area contributed by atoms with Gasteiger partial charge in [-0.05, 0) is 87.0 Å². The first-order valence-corrected chi connectivity index (χ1v) is 16.1. The van der Waals surface area contributed by atoms with E-state index in [1.54, 1.807) is 0 Å². The van der Waals surface area contributed by atoms with Crippen LogP contribution in [-0.4, -0.2) is 93.6 Å².